The molecule has 0 unspecified atom stereocenters. The fourth-order valence-electron chi connectivity index (χ4n) is 5.95. The summed E-state index contributed by atoms with van der Waals surface area (Å²) in [5.41, 5.74) is 6.39. The van der Waals surface area contributed by atoms with E-state index in [0.29, 0.717) is 49.6 Å². The number of carbonyl (C=O) groups is 2. The maximum Gasteiger partial charge on any atom is 0.303 e. The van der Waals surface area contributed by atoms with E-state index in [-0.39, 0.29) is 31.1 Å². The van der Waals surface area contributed by atoms with E-state index in [1.807, 2.05) is 109 Å². The van der Waals surface area contributed by atoms with Gasteiger partial charge in [0.15, 0.2) is 12.1 Å². The lowest BCUT2D eigenvalue weighted by Gasteiger charge is -2.36. The van der Waals surface area contributed by atoms with Gasteiger partial charge in [0.1, 0.15) is 5.69 Å². The number of hydrogen-bond donors (Lipinski definition) is 3. The van der Waals surface area contributed by atoms with Crippen molar-refractivity contribution in [1.82, 2.24) is 10.3 Å². The minimum atomic E-state index is -0.810. The summed E-state index contributed by atoms with van der Waals surface area (Å²) in [6, 6.07) is 35.7. The normalized spacial score (nSPS) is 17.2. The highest BCUT2D eigenvalue weighted by Gasteiger charge is 2.33. The van der Waals surface area contributed by atoms with Crippen molar-refractivity contribution in [1.29, 1.82) is 0 Å². The highest BCUT2D eigenvalue weighted by atomic mass is 32.2. The Morgan fingerprint density at radius 3 is 2.10 bits per heavy atom. The molecule has 0 radical (unpaired) electrons. The molecule has 3 N–H and O–H groups in total. The summed E-state index contributed by atoms with van der Waals surface area (Å²) in [6.07, 6.45) is 2.04. The molecule has 0 spiro atoms. The maximum atomic E-state index is 12.3. The fourth-order valence-corrected chi connectivity index (χ4v) is 6.79. The van der Waals surface area contributed by atoms with Crippen molar-refractivity contribution in [2.45, 2.75) is 75.4 Å². The third kappa shape index (κ3) is 10.2. The molecule has 6 rings (SSSR count). The van der Waals surface area contributed by atoms with Gasteiger partial charge in [0, 0.05) is 48.3 Å². The molecular formula is C41H42N2O7S. The van der Waals surface area contributed by atoms with Crippen LogP contribution < -0.4 is 5.32 Å². The maximum absolute atomic E-state index is 12.3. The van der Waals surface area contributed by atoms with Gasteiger partial charge in [-0.3, -0.25) is 9.59 Å². The Labute approximate surface area is 302 Å². The average molecular weight is 707 g/mol. The average Bonchev–Trinajstić information content (AvgIpc) is 3.61. The van der Waals surface area contributed by atoms with Gasteiger partial charge in [0.25, 0.3) is 5.22 Å². The second kappa shape index (κ2) is 18.0. The Morgan fingerprint density at radius 1 is 0.765 bits per heavy atom. The number of carbonyl (C=O) groups excluding carboxylic acids is 1. The molecule has 1 aliphatic heterocycles. The second-order valence-corrected chi connectivity index (χ2v) is 13.5. The van der Waals surface area contributed by atoms with E-state index < -0.39 is 12.3 Å². The van der Waals surface area contributed by atoms with Gasteiger partial charge in [-0.05, 0) is 29.5 Å². The number of aromatic nitrogens is 1. The summed E-state index contributed by atoms with van der Waals surface area (Å²) < 4.78 is 19.5. The predicted molar refractivity (Wildman–Crippen MR) is 196 cm³/mol. The van der Waals surface area contributed by atoms with Crippen molar-refractivity contribution in [2.24, 2.45) is 0 Å². The molecule has 1 aromatic heterocycles. The number of thioether (sulfide) groups is 1. The Morgan fingerprint density at radius 2 is 1.41 bits per heavy atom. The van der Waals surface area contributed by atoms with Crippen LogP contribution in [-0.4, -0.2) is 38.9 Å². The molecule has 3 atom stereocenters. The van der Waals surface area contributed by atoms with E-state index >= 15 is 0 Å². The van der Waals surface area contributed by atoms with Gasteiger partial charge in [-0.1, -0.05) is 127 Å². The highest BCUT2D eigenvalue weighted by molar-refractivity contribution is 7.99. The third-order valence-electron chi connectivity index (χ3n) is 8.73. The first kappa shape index (κ1) is 36.1. The van der Waals surface area contributed by atoms with Crippen molar-refractivity contribution in [3.05, 3.63) is 131 Å². The van der Waals surface area contributed by atoms with Gasteiger partial charge in [-0.2, -0.15) is 0 Å². The SMILES string of the molecule is O=C(O)CCCCCC(=O)NCc1ccc([C@@H]2O[C@H](CSc3nc(-c4ccccc4)c(-c4ccccc4)o3)C[C@H](c3ccc(CO)cc3)O2)cc1. The van der Waals surface area contributed by atoms with Crippen LogP contribution in [0.15, 0.2) is 119 Å². The zero-order valence-corrected chi connectivity index (χ0v) is 29.1. The molecule has 0 bridgehead atoms. The van der Waals surface area contributed by atoms with Gasteiger partial charge in [0.05, 0.1) is 18.8 Å². The van der Waals surface area contributed by atoms with Gasteiger partial charge in [-0.15, -0.1) is 0 Å². The zero-order chi connectivity index (χ0) is 35.4. The van der Waals surface area contributed by atoms with Crippen LogP contribution in [0.25, 0.3) is 22.6 Å². The summed E-state index contributed by atoms with van der Waals surface area (Å²) in [5, 5.41) is 21.8. The molecule has 9 nitrogen and oxygen atoms in total. The standard InChI is InChI=1S/C41H42N2O7S/c44-26-29-18-20-30(21-19-29)35-24-34(27-51-41-43-38(31-10-4-1-5-11-31)39(50-41)32-12-6-2-7-13-32)48-40(49-35)33-22-16-28(17-23-33)25-42-36(45)14-8-3-9-15-37(46)47/h1-2,4-7,10-13,16-23,34-35,40,44H,3,8-9,14-15,24-27H2,(H,42,45)(H,46,47)/t34-,35+,40+/m0/s1. The lowest BCUT2D eigenvalue weighted by atomic mass is 10.0. The van der Waals surface area contributed by atoms with Crippen molar-refractivity contribution in [3.63, 3.8) is 0 Å². The molecule has 1 amide bonds. The highest BCUT2D eigenvalue weighted by Crippen LogP contribution is 2.41. The zero-order valence-electron chi connectivity index (χ0n) is 28.3. The summed E-state index contributed by atoms with van der Waals surface area (Å²) in [4.78, 5) is 27.9. The number of aliphatic hydroxyl groups is 1. The Hall–Kier alpha value is -4.74. The number of nitrogens with zero attached hydrogens (tertiary/aromatic N) is 1. The molecule has 0 saturated carbocycles. The number of aliphatic carboxylic acids is 1. The van der Waals surface area contributed by atoms with E-state index in [1.54, 1.807) is 0 Å². The molecule has 0 aliphatic carbocycles. The molecule has 51 heavy (non-hydrogen) atoms. The van der Waals surface area contributed by atoms with Crippen LogP contribution in [0.1, 0.15) is 73.2 Å². The monoisotopic (exact) mass is 706 g/mol. The van der Waals surface area contributed by atoms with Crippen molar-refractivity contribution in [3.8, 4) is 22.6 Å². The fraction of sp³-hybridized carbons (Fsp3) is 0.293. The van der Waals surface area contributed by atoms with Crippen LogP contribution in [0, 0.1) is 0 Å². The van der Waals surface area contributed by atoms with Crippen LogP contribution in [0.3, 0.4) is 0 Å². The topological polar surface area (TPSA) is 131 Å². The van der Waals surface area contributed by atoms with Crippen molar-refractivity contribution in [2.75, 3.05) is 5.75 Å². The quantitative estimate of drug-likeness (QED) is 0.0683. The lowest BCUT2D eigenvalue weighted by molar-refractivity contribution is -0.245. The minimum Gasteiger partial charge on any atom is -0.481 e. The second-order valence-electron chi connectivity index (χ2n) is 12.5. The molecule has 5 aromatic rings. The Bertz CT molecular complexity index is 1790. The smallest absolute Gasteiger partial charge is 0.303 e. The number of oxazole rings is 1. The molecule has 264 valence electrons. The molecule has 1 saturated heterocycles. The molecular weight excluding hydrogens is 665 g/mol. The van der Waals surface area contributed by atoms with Gasteiger partial charge < -0.3 is 29.4 Å². The number of carboxylic acids is 1. The summed E-state index contributed by atoms with van der Waals surface area (Å²) in [6.45, 7) is 0.369. The third-order valence-corrected chi connectivity index (χ3v) is 9.69. The van der Waals surface area contributed by atoms with Gasteiger partial charge >= 0.3 is 5.97 Å². The molecule has 1 aliphatic rings. The van der Waals surface area contributed by atoms with E-state index in [4.69, 9.17) is 24.0 Å². The van der Waals surface area contributed by atoms with E-state index in [9.17, 15) is 14.7 Å². The number of amides is 1. The molecule has 10 heteroatoms. The van der Waals surface area contributed by atoms with E-state index in [2.05, 4.69) is 5.32 Å². The van der Waals surface area contributed by atoms with Crippen LogP contribution in [0.2, 0.25) is 0 Å². The van der Waals surface area contributed by atoms with Crippen molar-refractivity contribution < 1.29 is 33.7 Å². The first-order valence-electron chi connectivity index (χ1n) is 17.3. The predicted octanol–water partition coefficient (Wildman–Crippen LogP) is 8.49. The number of hydrogen-bond acceptors (Lipinski definition) is 8. The number of carboxylic acid groups (broad SMARTS) is 1. The largest absolute Gasteiger partial charge is 0.481 e. The lowest BCUT2D eigenvalue weighted by Crippen LogP contribution is -2.31. The number of aliphatic hydroxyl groups excluding tert-OH is 1. The number of benzene rings is 4. The number of unbranched alkanes of at least 4 members (excludes halogenated alkanes) is 2. The van der Waals surface area contributed by atoms with Crippen LogP contribution in [0.4, 0.5) is 0 Å². The molecule has 1 fully saturated rings. The van der Waals surface area contributed by atoms with E-state index in [0.717, 1.165) is 44.8 Å². The Kier molecular flexibility index (Phi) is 12.7. The Balaban J connectivity index is 1.13. The van der Waals surface area contributed by atoms with Crippen molar-refractivity contribution >= 4 is 23.6 Å². The first-order chi connectivity index (χ1) is 24.9. The van der Waals surface area contributed by atoms with Crippen LogP contribution >= 0.6 is 11.8 Å². The number of rotatable bonds is 16. The van der Waals surface area contributed by atoms with Gasteiger partial charge in [0.2, 0.25) is 5.91 Å². The summed E-state index contributed by atoms with van der Waals surface area (Å²) in [5.74, 6) is 0.453. The number of ether oxygens (including phenoxy) is 2. The minimum absolute atomic E-state index is 0.0253. The molecule has 2 heterocycles. The summed E-state index contributed by atoms with van der Waals surface area (Å²) in [7, 11) is 0. The molecule has 4 aromatic carbocycles. The summed E-state index contributed by atoms with van der Waals surface area (Å²) >= 11 is 1.52. The van der Waals surface area contributed by atoms with E-state index in [1.165, 1.54) is 11.8 Å². The van der Waals surface area contributed by atoms with Crippen LogP contribution in [-0.2, 0) is 32.2 Å². The first-order valence-corrected chi connectivity index (χ1v) is 18.3. The van der Waals surface area contributed by atoms with Crippen LogP contribution in [0.5, 0.6) is 0 Å². The van der Waals surface area contributed by atoms with Gasteiger partial charge in [-0.25, -0.2) is 4.98 Å². The number of nitrogens with one attached hydrogen (secondary N) is 1.